The Kier molecular flexibility index (Phi) is 3.93. The summed E-state index contributed by atoms with van der Waals surface area (Å²) < 4.78 is 25.8. The average molecular weight is 365 g/mol. The van der Waals surface area contributed by atoms with Gasteiger partial charge in [-0.1, -0.05) is 18.2 Å². The number of nitrogens with zero attached hydrogens (tertiary/aromatic N) is 2. The van der Waals surface area contributed by atoms with Crippen molar-refractivity contribution in [2.45, 2.75) is 30.9 Å². The molecule has 0 radical (unpaired) electrons. The van der Waals surface area contributed by atoms with E-state index >= 15 is 0 Å². The van der Waals surface area contributed by atoms with Gasteiger partial charge in [-0.05, 0) is 24.3 Å². The van der Waals surface area contributed by atoms with Crippen LogP contribution in [0.15, 0.2) is 48.8 Å². The fourth-order valence-electron chi connectivity index (χ4n) is 4.11. The fourth-order valence-corrected chi connectivity index (χ4v) is 4.11. The van der Waals surface area contributed by atoms with E-state index in [9.17, 15) is 4.39 Å². The predicted octanol–water partition coefficient (Wildman–Crippen LogP) is 4.25. The van der Waals surface area contributed by atoms with Gasteiger partial charge < -0.3 is 14.8 Å². The molecule has 5 nitrogen and oxygen atoms in total. The van der Waals surface area contributed by atoms with Crippen LogP contribution in [-0.2, 0) is 4.74 Å². The minimum Gasteiger partial charge on any atom is -0.487 e. The second-order valence-corrected chi connectivity index (χ2v) is 7.22. The van der Waals surface area contributed by atoms with E-state index in [1.807, 2.05) is 18.2 Å². The third-order valence-electron chi connectivity index (χ3n) is 5.51. The SMILES string of the molecule is Fc1ccc2ncnc(NC3CC4(CCOCC4)Oc4ccccc43)c2c1. The Morgan fingerprint density at radius 2 is 1.93 bits per heavy atom. The largest absolute Gasteiger partial charge is 0.487 e. The van der Waals surface area contributed by atoms with E-state index in [1.54, 1.807) is 6.07 Å². The maximum atomic E-state index is 13.8. The van der Waals surface area contributed by atoms with Crippen LogP contribution in [0.1, 0.15) is 30.9 Å². The van der Waals surface area contributed by atoms with Crippen molar-refractivity contribution in [3.8, 4) is 5.75 Å². The molecule has 2 aliphatic rings. The molecule has 3 heterocycles. The smallest absolute Gasteiger partial charge is 0.137 e. The molecule has 0 amide bonds. The highest BCUT2D eigenvalue weighted by Gasteiger charge is 2.42. The zero-order chi connectivity index (χ0) is 18.3. The lowest BCUT2D eigenvalue weighted by molar-refractivity contribution is -0.0608. The standard InChI is InChI=1S/C21H20FN3O2/c22-14-5-6-17-16(11-14)20(24-13-23-17)25-18-12-21(7-9-26-10-8-21)27-19-4-2-1-3-15(18)19/h1-6,11,13,18H,7-10,12H2,(H,23,24,25). The molecule has 1 atom stereocenters. The predicted molar refractivity (Wildman–Crippen MR) is 100 cm³/mol. The second kappa shape index (κ2) is 6.46. The maximum absolute atomic E-state index is 13.8. The number of halogens is 1. The summed E-state index contributed by atoms with van der Waals surface area (Å²) in [5, 5.41) is 4.22. The lowest BCUT2D eigenvalue weighted by atomic mass is 9.82. The van der Waals surface area contributed by atoms with E-state index in [0.29, 0.717) is 24.4 Å². The summed E-state index contributed by atoms with van der Waals surface area (Å²) in [6.45, 7) is 1.41. The number of rotatable bonds is 2. The molecular weight excluding hydrogens is 345 g/mol. The van der Waals surface area contributed by atoms with Crippen LogP contribution in [-0.4, -0.2) is 28.8 Å². The van der Waals surface area contributed by atoms with Gasteiger partial charge in [0.1, 0.15) is 29.3 Å². The molecule has 0 bridgehead atoms. The van der Waals surface area contributed by atoms with E-state index < -0.39 is 0 Å². The third-order valence-corrected chi connectivity index (χ3v) is 5.51. The van der Waals surface area contributed by atoms with Crippen molar-refractivity contribution in [1.29, 1.82) is 0 Å². The summed E-state index contributed by atoms with van der Waals surface area (Å²) in [4.78, 5) is 8.64. The molecule has 138 valence electrons. The monoisotopic (exact) mass is 365 g/mol. The number of anilines is 1. The summed E-state index contributed by atoms with van der Waals surface area (Å²) in [5.41, 5.74) is 1.58. The van der Waals surface area contributed by atoms with Crippen LogP contribution in [0.4, 0.5) is 10.2 Å². The second-order valence-electron chi connectivity index (χ2n) is 7.22. The normalized spacial score (nSPS) is 20.9. The Morgan fingerprint density at radius 3 is 2.81 bits per heavy atom. The zero-order valence-electron chi connectivity index (χ0n) is 14.8. The molecular formula is C21H20FN3O2. The molecule has 5 rings (SSSR count). The Balaban J connectivity index is 1.55. The Labute approximate surface area is 156 Å². The summed E-state index contributed by atoms with van der Waals surface area (Å²) in [6, 6.07) is 12.7. The van der Waals surface area contributed by atoms with Crippen molar-refractivity contribution in [2.24, 2.45) is 0 Å². The van der Waals surface area contributed by atoms with Crippen molar-refractivity contribution in [3.63, 3.8) is 0 Å². The van der Waals surface area contributed by atoms with Crippen LogP contribution in [0, 0.1) is 5.82 Å². The molecule has 6 heteroatoms. The van der Waals surface area contributed by atoms with Crippen LogP contribution < -0.4 is 10.1 Å². The topological polar surface area (TPSA) is 56.3 Å². The Hall–Kier alpha value is -2.73. The quantitative estimate of drug-likeness (QED) is 0.736. The molecule has 1 aromatic heterocycles. The number of hydrogen-bond acceptors (Lipinski definition) is 5. The van der Waals surface area contributed by atoms with Crippen molar-refractivity contribution in [3.05, 3.63) is 60.2 Å². The highest BCUT2D eigenvalue weighted by atomic mass is 19.1. The van der Waals surface area contributed by atoms with Gasteiger partial charge in [-0.25, -0.2) is 14.4 Å². The summed E-state index contributed by atoms with van der Waals surface area (Å²) in [7, 11) is 0. The van der Waals surface area contributed by atoms with Crippen LogP contribution in [0.3, 0.4) is 0 Å². The van der Waals surface area contributed by atoms with Crippen LogP contribution in [0.5, 0.6) is 5.75 Å². The van der Waals surface area contributed by atoms with Gasteiger partial charge in [0.15, 0.2) is 0 Å². The molecule has 1 spiro atoms. The van der Waals surface area contributed by atoms with Gasteiger partial charge in [0.25, 0.3) is 0 Å². The minimum absolute atomic E-state index is 0.0226. The van der Waals surface area contributed by atoms with Crippen molar-refractivity contribution >= 4 is 16.7 Å². The first-order valence-corrected chi connectivity index (χ1v) is 9.25. The molecule has 3 aromatic rings. The third kappa shape index (κ3) is 3.00. The van der Waals surface area contributed by atoms with E-state index in [4.69, 9.17) is 9.47 Å². The average Bonchev–Trinajstić information content (AvgIpc) is 2.69. The molecule has 1 fully saturated rings. The van der Waals surface area contributed by atoms with Crippen LogP contribution in [0.25, 0.3) is 10.9 Å². The molecule has 27 heavy (non-hydrogen) atoms. The van der Waals surface area contributed by atoms with Crippen LogP contribution in [0.2, 0.25) is 0 Å². The summed E-state index contributed by atoms with van der Waals surface area (Å²) >= 11 is 0. The van der Waals surface area contributed by atoms with E-state index in [-0.39, 0.29) is 17.5 Å². The Bertz CT molecular complexity index is 988. The first kappa shape index (κ1) is 16.4. The zero-order valence-corrected chi connectivity index (χ0v) is 14.8. The van der Waals surface area contributed by atoms with Gasteiger partial charge >= 0.3 is 0 Å². The highest BCUT2D eigenvalue weighted by Crippen LogP contribution is 2.45. The molecule has 1 unspecified atom stereocenters. The molecule has 1 N–H and O–H groups in total. The number of para-hydroxylation sites is 1. The first-order valence-electron chi connectivity index (χ1n) is 9.25. The number of ether oxygens (including phenoxy) is 2. The summed E-state index contributed by atoms with van der Waals surface area (Å²) in [5.74, 6) is 1.24. The van der Waals surface area contributed by atoms with Gasteiger partial charge in [-0.15, -0.1) is 0 Å². The number of nitrogens with one attached hydrogen (secondary N) is 1. The molecule has 0 saturated carbocycles. The van der Waals surface area contributed by atoms with Crippen molar-refractivity contribution in [1.82, 2.24) is 9.97 Å². The van der Waals surface area contributed by atoms with Crippen LogP contribution >= 0.6 is 0 Å². The number of benzene rings is 2. The molecule has 2 aromatic carbocycles. The van der Waals surface area contributed by atoms with E-state index in [2.05, 4.69) is 21.4 Å². The van der Waals surface area contributed by atoms with Gasteiger partial charge in [0.05, 0.1) is 24.8 Å². The molecule has 2 aliphatic heterocycles. The first-order chi connectivity index (χ1) is 13.2. The Morgan fingerprint density at radius 1 is 1.07 bits per heavy atom. The summed E-state index contributed by atoms with van der Waals surface area (Å²) in [6.07, 6.45) is 4.05. The van der Waals surface area contributed by atoms with Gasteiger partial charge in [-0.2, -0.15) is 0 Å². The fraction of sp³-hybridized carbons (Fsp3) is 0.333. The van der Waals surface area contributed by atoms with Gasteiger partial charge in [0, 0.05) is 30.2 Å². The molecule has 0 aliphatic carbocycles. The van der Waals surface area contributed by atoms with Crippen molar-refractivity contribution < 1.29 is 13.9 Å². The highest BCUT2D eigenvalue weighted by molar-refractivity contribution is 5.89. The number of fused-ring (bicyclic) bond motifs is 2. The lowest BCUT2D eigenvalue weighted by Gasteiger charge is -2.44. The molecule has 1 saturated heterocycles. The van der Waals surface area contributed by atoms with Gasteiger partial charge in [0.2, 0.25) is 0 Å². The van der Waals surface area contributed by atoms with Gasteiger partial charge in [-0.3, -0.25) is 0 Å². The van der Waals surface area contributed by atoms with E-state index in [1.165, 1.54) is 18.5 Å². The van der Waals surface area contributed by atoms with Crippen molar-refractivity contribution in [2.75, 3.05) is 18.5 Å². The lowest BCUT2D eigenvalue weighted by Crippen LogP contribution is -2.46. The minimum atomic E-state index is -0.298. The maximum Gasteiger partial charge on any atom is 0.137 e. The number of hydrogen-bond donors (Lipinski definition) is 1. The number of aromatic nitrogens is 2. The van der Waals surface area contributed by atoms with E-state index in [0.717, 1.165) is 36.1 Å².